The lowest BCUT2D eigenvalue weighted by molar-refractivity contribution is 0.395. The molecule has 4 rings (SSSR count). The predicted octanol–water partition coefficient (Wildman–Crippen LogP) is 3.52. The average molecular weight is 441 g/mol. The first-order chi connectivity index (χ1) is 14.9. The van der Waals surface area contributed by atoms with E-state index in [1.165, 1.54) is 32.2 Å². The molecular formula is C21H20FN5O3S. The van der Waals surface area contributed by atoms with Gasteiger partial charge in [-0.15, -0.1) is 5.10 Å². The second-order valence-corrected chi connectivity index (χ2v) is 8.99. The Morgan fingerprint density at radius 2 is 1.90 bits per heavy atom. The minimum Gasteiger partial charge on any atom is -0.481 e. The normalized spacial score (nSPS) is 11.7. The minimum absolute atomic E-state index is 0.0267. The van der Waals surface area contributed by atoms with Gasteiger partial charge in [0.05, 0.1) is 25.4 Å². The number of halogens is 1. The van der Waals surface area contributed by atoms with Crippen LogP contribution in [0, 0.1) is 5.82 Å². The molecule has 4 aromatic rings. The molecule has 0 N–H and O–H groups in total. The summed E-state index contributed by atoms with van der Waals surface area (Å²) in [5, 5.41) is 8.11. The second kappa shape index (κ2) is 8.03. The van der Waals surface area contributed by atoms with Crippen molar-refractivity contribution in [3.8, 4) is 28.1 Å². The lowest BCUT2D eigenvalue weighted by Crippen LogP contribution is -2.07. The zero-order valence-electron chi connectivity index (χ0n) is 17.2. The summed E-state index contributed by atoms with van der Waals surface area (Å²) in [6, 6.07) is 7.48. The standard InChI is InChI=1S/C21H20FN5O3S/c1-4-27-12-23-19-16(11-24-26-20(19)27)13-6-8-17(22)15(10-13)14-7-9-18(25-21(14)30-3)31(28,29)5-2/h6-12H,4-5H2,1-3H3. The van der Waals surface area contributed by atoms with Crippen molar-refractivity contribution >= 4 is 21.0 Å². The fraction of sp³-hybridized carbons (Fsp3) is 0.238. The molecule has 0 aliphatic heterocycles. The Morgan fingerprint density at radius 3 is 2.61 bits per heavy atom. The molecule has 0 aliphatic carbocycles. The van der Waals surface area contributed by atoms with Crippen molar-refractivity contribution < 1.29 is 17.5 Å². The Kier molecular flexibility index (Phi) is 5.40. The van der Waals surface area contributed by atoms with E-state index >= 15 is 0 Å². The molecular weight excluding hydrogens is 421 g/mol. The average Bonchev–Trinajstić information content (AvgIpc) is 3.22. The topological polar surface area (TPSA) is 99.9 Å². The molecule has 0 spiro atoms. The molecule has 0 saturated heterocycles. The molecule has 0 atom stereocenters. The van der Waals surface area contributed by atoms with Gasteiger partial charge in [0.1, 0.15) is 11.3 Å². The molecule has 0 radical (unpaired) electrons. The van der Waals surface area contributed by atoms with Gasteiger partial charge in [-0.25, -0.2) is 22.8 Å². The van der Waals surface area contributed by atoms with E-state index in [1.807, 2.05) is 11.5 Å². The van der Waals surface area contributed by atoms with Crippen molar-refractivity contribution in [2.45, 2.75) is 25.4 Å². The number of aryl methyl sites for hydroxylation is 1. The van der Waals surface area contributed by atoms with E-state index in [1.54, 1.807) is 24.7 Å². The number of aromatic nitrogens is 5. The highest BCUT2D eigenvalue weighted by atomic mass is 32.2. The monoisotopic (exact) mass is 441 g/mol. The van der Waals surface area contributed by atoms with E-state index in [9.17, 15) is 12.8 Å². The van der Waals surface area contributed by atoms with Crippen LogP contribution in [0.4, 0.5) is 4.39 Å². The zero-order valence-corrected chi connectivity index (χ0v) is 18.0. The molecule has 1 aromatic carbocycles. The van der Waals surface area contributed by atoms with E-state index < -0.39 is 15.7 Å². The molecule has 3 aromatic heterocycles. The van der Waals surface area contributed by atoms with E-state index in [-0.39, 0.29) is 22.2 Å². The summed E-state index contributed by atoms with van der Waals surface area (Å²) in [7, 11) is -2.16. The Morgan fingerprint density at radius 1 is 1.10 bits per heavy atom. The SMILES string of the molecule is CCn1cnc2c(-c3ccc(F)c(-c4ccc(S(=O)(=O)CC)nc4OC)c3)cnnc21. The van der Waals surface area contributed by atoms with E-state index in [0.29, 0.717) is 34.4 Å². The molecule has 3 heterocycles. The summed E-state index contributed by atoms with van der Waals surface area (Å²) < 4.78 is 46.3. The summed E-state index contributed by atoms with van der Waals surface area (Å²) in [6.45, 7) is 4.20. The summed E-state index contributed by atoms with van der Waals surface area (Å²) >= 11 is 0. The van der Waals surface area contributed by atoms with Gasteiger partial charge in [-0.3, -0.25) is 0 Å². The quantitative estimate of drug-likeness (QED) is 0.451. The van der Waals surface area contributed by atoms with Gasteiger partial charge in [-0.2, -0.15) is 5.10 Å². The van der Waals surface area contributed by atoms with Gasteiger partial charge in [0, 0.05) is 23.2 Å². The maximum Gasteiger partial charge on any atom is 0.222 e. The number of imidazole rings is 1. The smallest absolute Gasteiger partial charge is 0.222 e. The van der Waals surface area contributed by atoms with Crippen LogP contribution < -0.4 is 4.74 Å². The Labute approximate surface area is 178 Å². The minimum atomic E-state index is -3.53. The van der Waals surface area contributed by atoms with Crippen molar-refractivity contribution in [2.24, 2.45) is 0 Å². The fourth-order valence-corrected chi connectivity index (χ4v) is 4.11. The molecule has 160 valence electrons. The molecule has 8 nitrogen and oxygen atoms in total. The molecule has 0 fully saturated rings. The van der Waals surface area contributed by atoms with Crippen molar-refractivity contribution in [2.75, 3.05) is 12.9 Å². The Bertz CT molecular complexity index is 1390. The molecule has 0 aliphatic rings. The first-order valence-corrected chi connectivity index (χ1v) is 11.3. The first-order valence-electron chi connectivity index (χ1n) is 9.64. The van der Waals surface area contributed by atoms with Crippen LogP contribution in [0.2, 0.25) is 0 Å². The van der Waals surface area contributed by atoms with Gasteiger partial charge >= 0.3 is 0 Å². The Hall–Kier alpha value is -3.40. The molecule has 0 bridgehead atoms. The third kappa shape index (κ3) is 3.63. The van der Waals surface area contributed by atoms with Crippen molar-refractivity contribution in [3.05, 3.63) is 48.7 Å². The third-order valence-electron chi connectivity index (χ3n) is 5.04. The maximum atomic E-state index is 14.8. The van der Waals surface area contributed by atoms with Crippen LogP contribution in [0.1, 0.15) is 13.8 Å². The van der Waals surface area contributed by atoms with E-state index in [2.05, 4.69) is 20.2 Å². The molecule has 0 saturated carbocycles. The number of benzene rings is 1. The van der Waals surface area contributed by atoms with Crippen LogP contribution >= 0.6 is 0 Å². The highest BCUT2D eigenvalue weighted by molar-refractivity contribution is 7.91. The molecule has 31 heavy (non-hydrogen) atoms. The number of sulfone groups is 1. The van der Waals surface area contributed by atoms with Crippen LogP contribution in [0.5, 0.6) is 5.88 Å². The first kappa shape index (κ1) is 20.9. The number of hydrogen-bond acceptors (Lipinski definition) is 7. The van der Waals surface area contributed by atoms with Gasteiger partial charge in [0.25, 0.3) is 0 Å². The lowest BCUT2D eigenvalue weighted by atomic mass is 9.99. The van der Waals surface area contributed by atoms with Crippen LogP contribution in [-0.2, 0) is 16.4 Å². The lowest BCUT2D eigenvalue weighted by Gasteiger charge is -2.12. The number of rotatable bonds is 6. The van der Waals surface area contributed by atoms with Gasteiger partial charge < -0.3 is 9.30 Å². The molecule has 0 amide bonds. The molecule has 10 heteroatoms. The van der Waals surface area contributed by atoms with E-state index in [4.69, 9.17) is 4.74 Å². The number of fused-ring (bicyclic) bond motifs is 1. The third-order valence-corrected chi connectivity index (χ3v) is 6.66. The van der Waals surface area contributed by atoms with Crippen LogP contribution in [0.15, 0.2) is 47.9 Å². The zero-order chi connectivity index (χ0) is 22.2. The van der Waals surface area contributed by atoms with Crippen LogP contribution in [0.25, 0.3) is 33.4 Å². The number of hydrogen-bond donors (Lipinski definition) is 0. The molecule has 0 unspecified atom stereocenters. The fourth-order valence-electron chi connectivity index (χ4n) is 3.32. The number of methoxy groups -OCH3 is 1. The highest BCUT2D eigenvalue weighted by Crippen LogP contribution is 2.35. The summed E-state index contributed by atoms with van der Waals surface area (Å²) in [5.41, 5.74) is 3.25. The number of ether oxygens (including phenoxy) is 1. The van der Waals surface area contributed by atoms with Gasteiger partial charge in [0.15, 0.2) is 20.5 Å². The highest BCUT2D eigenvalue weighted by Gasteiger charge is 2.20. The number of pyridine rings is 1. The largest absolute Gasteiger partial charge is 0.481 e. The van der Waals surface area contributed by atoms with E-state index in [0.717, 1.165) is 0 Å². The van der Waals surface area contributed by atoms with Crippen LogP contribution in [-0.4, -0.2) is 46.0 Å². The van der Waals surface area contributed by atoms with Gasteiger partial charge in [-0.1, -0.05) is 13.0 Å². The predicted molar refractivity (Wildman–Crippen MR) is 114 cm³/mol. The van der Waals surface area contributed by atoms with Crippen molar-refractivity contribution in [1.29, 1.82) is 0 Å². The second-order valence-electron chi connectivity index (χ2n) is 6.77. The van der Waals surface area contributed by atoms with Gasteiger partial charge in [-0.05, 0) is 36.8 Å². The summed E-state index contributed by atoms with van der Waals surface area (Å²) in [5.74, 6) is -0.562. The van der Waals surface area contributed by atoms with Crippen molar-refractivity contribution in [3.63, 3.8) is 0 Å². The maximum absolute atomic E-state index is 14.8. The number of nitrogens with zero attached hydrogens (tertiary/aromatic N) is 5. The van der Waals surface area contributed by atoms with Crippen LogP contribution in [0.3, 0.4) is 0 Å². The van der Waals surface area contributed by atoms with Gasteiger partial charge in [0.2, 0.25) is 5.88 Å². The summed E-state index contributed by atoms with van der Waals surface area (Å²) in [4.78, 5) is 8.54. The van der Waals surface area contributed by atoms with Crippen molar-refractivity contribution in [1.82, 2.24) is 24.7 Å². The Balaban J connectivity index is 1.88. The summed E-state index contributed by atoms with van der Waals surface area (Å²) in [6.07, 6.45) is 3.27.